The molecule has 0 saturated carbocycles. The van der Waals surface area contributed by atoms with Gasteiger partial charge >= 0.3 is 11.9 Å². The summed E-state index contributed by atoms with van der Waals surface area (Å²) in [6.45, 7) is -0.696. The zero-order chi connectivity index (χ0) is 19.6. The Hall–Kier alpha value is -2.00. The topological polar surface area (TPSA) is 138 Å². The van der Waals surface area contributed by atoms with Crippen LogP contribution in [0.15, 0.2) is 18.2 Å². The van der Waals surface area contributed by atoms with Crippen molar-refractivity contribution in [1.29, 1.82) is 0 Å². The van der Waals surface area contributed by atoms with Gasteiger partial charge in [-0.3, -0.25) is 14.4 Å². The van der Waals surface area contributed by atoms with Crippen molar-refractivity contribution in [2.24, 2.45) is 5.41 Å². The van der Waals surface area contributed by atoms with E-state index in [1.165, 1.54) is 18.2 Å². The molecule has 3 atom stereocenters. The van der Waals surface area contributed by atoms with Crippen LogP contribution in [0.5, 0.6) is 0 Å². The van der Waals surface area contributed by atoms with Crippen molar-refractivity contribution >= 4 is 46.7 Å². The highest BCUT2D eigenvalue weighted by molar-refractivity contribution is 6.42. The average Bonchev–Trinajstić information content (AvgIpc) is 2.84. The maximum absolute atomic E-state index is 12.6. The molecule has 10 heteroatoms. The van der Waals surface area contributed by atoms with Crippen LogP contribution in [0.1, 0.15) is 23.2 Å². The first-order chi connectivity index (χ1) is 12.1. The van der Waals surface area contributed by atoms with Crippen LogP contribution in [-0.4, -0.2) is 57.6 Å². The number of carbonyl (C=O) groups excluding carboxylic acids is 3. The molecule has 1 aliphatic rings. The first-order valence-corrected chi connectivity index (χ1v) is 8.14. The standard InChI is InChI=1S/C16H14Cl2O8/c17-8-2-1-7(5-9(8)18)10(20)6-16(3-4-19,15(24)25)13-11(21)12(22)14(23)26-13/h1-2,5,12-13,19,22H,3-4,6H2,(H,24,25)/t12?,13-,16-/m0/s1. The Balaban J connectivity index is 2.43. The van der Waals surface area contributed by atoms with Gasteiger partial charge in [-0.2, -0.15) is 0 Å². The molecule has 26 heavy (non-hydrogen) atoms. The van der Waals surface area contributed by atoms with Crippen molar-refractivity contribution in [2.45, 2.75) is 25.0 Å². The number of carboxylic acid groups (broad SMARTS) is 1. The van der Waals surface area contributed by atoms with E-state index in [0.29, 0.717) is 0 Å². The second-order valence-electron chi connectivity index (χ2n) is 5.79. The minimum atomic E-state index is -2.23. The van der Waals surface area contributed by atoms with Gasteiger partial charge in [0.05, 0.1) is 10.0 Å². The summed E-state index contributed by atoms with van der Waals surface area (Å²) in [6, 6.07) is 3.89. The smallest absolute Gasteiger partial charge is 0.343 e. The predicted octanol–water partition coefficient (Wildman–Crippen LogP) is 0.875. The molecule has 1 saturated heterocycles. The maximum atomic E-state index is 12.6. The van der Waals surface area contributed by atoms with Gasteiger partial charge in [-0.1, -0.05) is 23.2 Å². The van der Waals surface area contributed by atoms with Gasteiger partial charge in [0.25, 0.3) is 0 Å². The molecule has 1 aromatic carbocycles. The summed E-state index contributed by atoms with van der Waals surface area (Å²) in [5.74, 6) is -4.82. The van der Waals surface area contributed by atoms with Crippen LogP contribution in [0.4, 0.5) is 0 Å². The number of hydrogen-bond donors (Lipinski definition) is 3. The SMILES string of the molecule is O=C(C[C@](CCO)(C(=O)O)[C@H]1OC(=O)C(O)C1=O)c1ccc(Cl)c(Cl)c1. The summed E-state index contributed by atoms with van der Waals surface area (Å²) in [4.78, 5) is 48.0. The number of Topliss-reactive ketones (excluding diaryl/α,β-unsaturated/α-hetero) is 2. The normalized spacial score (nSPS) is 22.0. The number of esters is 1. The quantitative estimate of drug-likeness (QED) is 0.345. The van der Waals surface area contributed by atoms with Gasteiger partial charge < -0.3 is 20.1 Å². The molecule has 0 aliphatic carbocycles. The Bertz CT molecular complexity index is 778. The second-order valence-corrected chi connectivity index (χ2v) is 6.60. The van der Waals surface area contributed by atoms with E-state index in [0.717, 1.165) is 0 Å². The van der Waals surface area contributed by atoms with Crippen LogP contribution < -0.4 is 0 Å². The molecule has 8 nitrogen and oxygen atoms in total. The molecule has 140 valence electrons. The van der Waals surface area contributed by atoms with Gasteiger partial charge in [-0.05, 0) is 24.6 Å². The third-order valence-electron chi connectivity index (χ3n) is 4.19. The first kappa shape index (κ1) is 20.3. The molecule has 2 rings (SSSR count). The van der Waals surface area contributed by atoms with Gasteiger partial charge in [0, 0.05) is 18.6 Å². The van der Waals surface area contributed by atoms with Crippen LogP contribution in [0.3, 0.4) is 0 Å². The number of aliphatic carboxylic acids is 1. The molecule has 1 aliphatic heterocycles. The Morgan fingerprint density at radius 1 is 1.19 bits per heavy atom. The number of carboxylic acids is 1. The Kier molecular flexibility index (Phi) is 6.02. The highest BCUT2D eigenvalue weighted by Crippen LogP contribution is 2.39. The van der Waals surface area contributed by atoms with Crippen molar-refractivity contribution in [3.63, 3.8) is 0 Å². The minimum Gasteiger partial charge on any atom is -0.481 e. The molecule has 1 aromatic rings. The van der Waals surface area contributed by atoms with Crippen LogP contribution in [0, 0.1) is 5.41 Å². The van der Waals surface area contributed by atoms with E-state index < -0.39 is 60.6 Å². The molecule has 1 unspecified atom stereocenters. The molecule has 1 heterocycles. The van der Waals surface area contributed by atoms with E-state index in [9.17, 15) is 34.5 Å². The highest BCUT2D eigenvalue weighted by atomic mass is 35.5. The largest absolute Gasteiger partial charge is 0.481 e. The number of halogens is 2. The van der Waals surface area contributed by atoms with E-state index in [4.69, 9.17) is 27.9 Å². The van der Waals surface area contributed by atoms with E-state index in [-0.39, 0.29) is 15.6 Å². The van der Waals surface area contributed by atoms with Crippen LogP contribution in [0.25, 0.3) is 0 Å². The molecule has 3 N–H and O–H groups in total. The number of benzene rings is 1. The number of ketones is 2. The van der Waals surface area contributed by atoms with Gasteiger partial charge in [0.15, 0.2) is 11.9 Å². The lowest BCUT2D eigenvalue weighted by Crippen LogP contribution is -2.49. The fourth-order valence-electron chi connectivity index (χ4n) is 2.75. The van der Waals surface area contributed by atoms with Crippen molar-refractivity contribution < 1.29 is 39.2 Å². The van der Waals surface area contributed by atoms with E-state index in [2.05, 4.69) is 0 Å². The maximum Gasteiger partial charge on any atom is 0.343 e. The summed E-state index contributed by atoms with van der Waals surface area (Å²) < 4.78 is 4.72. The molecule has 1 fully saturated rings. The Labute approximate surface area is 157 Å². The van der Waals surface area contributed by atoms with Crippen molar-refractivity contribution in [3.8, 4) is 0 Å². The van der Waals surface area contributed by atoms with Crippen molar-refractivity contribution in [1.82, 2.24) is 0 Å². The van der Waals surface area contributed by atoms with Crippen LogP contribution in [0.2, 0.25) is 10.0 Å². The van der Waals surface area contributed by atoms with Crippen molar-refractivity contribution in [3.05, 3.63) is 33.8 Å². The first-order valence-electron chi connectivity index (χ1n) is 7.39. The van der Waals surface area contributed by atoms with Gasteiger partial charge in [0.2, 0.25) is 11.9 Å². The molecule has 0 bridgehead atoms. The number of carbonyl (C=O) groups is 4. The fourth-order valence-corrected chi connectivity index (χ4v) is 3.05. The zero-order valence-electron chi connectivity index (χ0n) is 13.1. The summed E-state index contributed by atoms with van der Waals surface area (Å²) in [7, 11) is 0. The lowest BCUT2D eigenvalue weighted by Gasteiger charge is -2.31. The lowest BCUT2D eigenvalue weighted by molar-refractivity contribution is -0.166. The zero-order valence-corrected chi connectivity index (χ0v) is 14.7. The third kappa shape index (κ3) is 3.59. The minimum absolute atomic E-state index is 0.0280. The van der Waals surface area contributed by atoms with Crippen LogP contribution in [-0.2, 0) is 19.1 Å². The Morgan fingerprint density at radius 2 is 1.85 bits per heavy atom. The Morgan fingerprint density at radius 3 is 2.31 bits per heavy atom. The third-order valence-corrected chi connectivity index (χ3v) is 4.93. The van der Waals surface area contributed by atoms with E-state index in [1.54, 1.807) is 0 Å². The van der Waals surface area contributed by atoms with Gasteiger partial charge in [-0.15, -0.1) is 0 Å². The molecule has 0 spiro atoms. The molecule has 0 aromatic heterocycles. The monoisotopic (exact) mass is 404 g/mol. The van der Waals surface area contributed by atoms with E-state index in [1.807, 2.05) is 0 Å². The number of hydrogen-bond acceptors (Lipinski definition) is 7. The highest BCUT2D eigenvalue weighted by Gasteiger charge is 2.58. The van der Waals surface area contributed by atoms with Gasteiger partial charge in [0.1, 0.15) is 5.41 Å². The number of rotatable bonds is 7. The molecular formula is C16H14Cl2O8. The lowest BCUT2D eigenvalue weighted by atomic mass is 9.72. The number of ether oxygens (including phenoxy) is 1. The van der Waals surface area contributed by atoms with Crippen LogP contribution >= 0.6 is 23.2 Å². The summed E-state index contributed by atoms with van der Waals surface area (Å²) >= 11 is 11.6. The summed E-state index contributed by atoms with van der Waals surface area (Å²) in [5.41, 5.74) is -2.21. The average molecular weight is 405 g/mol. The van der Waals surface area contributed by atoms with Gasteiger partial charge in [-0.25, -0.2) is 4.79 Å². The van der Waals surface area contributed by atoms with Crippen molar-refractivity contribution in [2.75, 3.05) is 6.61 Å². The fraction of sp³-hybridized carbons (Fsp3) is 0.375. The van der Waals surface area contributed by atoms with E-state index >= 15 is 0 Å². The second kappa shape index (κ2) is 7.71. The summed E-state index contributed by atoms with van der Waals surface area (Å²) in [5, 5.41) is 28.7. The molecule has 0 amide bonds. The molecular weight excluding hydrogens is 391 g/mol. The number of aliphatic hydroxyl groups excluding tert-OH is 2. The summed E-state index contributed by atoms with van der Waals surface area (Å²) in [6.07, 6.45) is -5.35. The number of cyclic esters (lactones) is 1. The number of aliphatic hydroxyl groups is 2. The molecule has 0 radical (unpaired) electrons. The predicted molar refractivity (Wildman–Crippen MR) is 88.1 cm³/mol.